The third-order valence-electron chi connectivity index (χ3n) is 2.87. The molecule has 0 bridgehead atoms. The number of carbonyl (C=O) groups is 1. The fraction of sp³-hybridized carbons (Fsp3) is 0. The maximum atomic E-state index is 13.6. The Morgan fingerprint density at radius 3 is 2.77 bits per heavy atom. The van der Waals surface area contributed by atoms with Crippen LogP contribution in [0.4, 0.5) is 9.52 Å². The fourth-order valence-electron chi connectivity index (χ4n) is 1.82. The molecule has 0 aliphatic carbocycles. The van der Waals surface area contributed by atoms with E-state index in [1.165, 1.54) is 23.5 Å². The zero-order valence-electron chi connectivity index (χ0n) is 11.1. The SMILES string of the molecule is O=C(Nc1nc(-c2ccncc2)cs1)c1cc(Cl)ccc1F. The summed E-state index contributed by atoms with van der Waals surface area (Å²) in [5.41, 5.74) is 1.49. The summed E-state index contributed by atoms with van der Waals surface area (Å²) in [6.07, 6.45) is 3.32. The molecule has 4 nitrogen and oxygen atoms in total. The number of benzene rings is 1. The number of thiazole rings is 1. The van der Waals surface area contributed by atoms with E-state index in [2.05, 4.69) is 15.3 Å². The molecule has 0 saturated carbocycles. The molecule has 0 aliphatic rings. The second kappa shape index (κ2) is 6.21. The Bertz CT molecular complexity index is 823. The predicted molar refractivity (Wildman–Crippen MR) is 84.7 cm³/mol. The molecule has 3 aromatic rings. The largest absolute Gasteiger partial charge is 0.298 e. The summed E-state index contributed by atoms with van der Waals surface area (Å²) in [5.74, 6) is -1.22. The highest BCUT2D eigenvalue weighted by atomic mass is 35.5. The fourth-order valence-corrected chi connectivity index (χ4v) is 2.71. The molecule has 0 radical (unpaired) electrons. The first-order chi connectivity index (χ1) is 10.6. The van der Waals surface area contributed by atoms with E-state index in [1.54, 1.807) is 17.8 Å². The number of hydrogen-bond donors (Lipinski definition) is 1. The minimum Gasteiger partial charge on any atom is -0.298 e. The van der Waals surface area contributed by atoms with Gasteiger partial charge < -0.3 is 0 Å². The molecule has 22 heavy (non-hydrogen) atoms. The van der Waals surface area contributed by atoms with Crippen molar-refractivity contribution >= 4 is 34.0 Å². The number of nitrogens with one attached hydrogen (secondary N) is 1. The van der Waals surface area contributed by atoms with Crippen LogP contribution in [0.5, 0.6) is 0 Å². The average molecular weight is 334 g/mol. The molecule has 2 aromatic heterocycles. The van der Waals surface area contributed by atoms with Crippen LogP contribution < -0.4 is 5.32 Å². The second-order valence-corrected chi connectivity index (χ2v) is 5.65. The molecular formula is C15H9ClFN3OS. The first-order valence-corrected chi connectivity index (χ1v) is 7.51. The van der Waals surface area contributed by atoms with Crippen LogP contribution in [0.25, 0.3) is 11.3 Å². The number of carbonyl (C=O) groups excluding carboxylic acids is 1. The van der Waals surface area contributed by atoms with Gasteiger partial charge in [0.25, 0.3) is 5.91 Å². The lowest BCUT2D eigenvalue weighted by molar-refractivity contribution is 0.102. The van der Waals surface area contributed by atoms with E-state index in [1.807, 2.05) is 12.1 Å². The van der Waals surface area contributed by atoms with Crippen LogP contribution in [0.2, 0.25) is 5.02 Å². The summed E-state index contributed by atoms with van der Waals surface area (Å²) in [6, 6.07) is 7.46. The molecule has 0 aliphatic heterocycles. The van der Waals surface area contributed by atoms with Crippen molar-refractivity contribution in [1.82, 2.24) is 9.97 Å². The molecule has 1 aromatic carbocycles. The molecule has 110 valence electrons. The molecule has 0 unspecified atom stereocenters. The van der Waals surface area contributed by atoms with Gasteiger partial charge in [0.05, 0.1) is 11.3 Å². The molecule has 7 heteroatoms. The van der Waals surface area contributed by atoms with E-state index in [0.717, 1.165) is 11.6 Å². The number of halogens is 2. The van der Waals surface area contributed by atoms with Crippen LogP contribution in [0.15, 0.2) is 48.1 Å². The highest BCUT2D eigenvalue weighted by Gasteiger charge is 2.14. The number of amides is 1. The number of hydrogen-bond acceptors (Lipinski definition) is 4. The smallest absolute Gasteiger partial charge is 0.260 e. The Labute approximate surface area is 134 Å². The van der Waals surface area contributed by atoms with Crippen molar-refractivity contribution in [1.29, 1.82) is 0 Å². The number of pyridine rings is 1. The van der Waals surface area contributed by atoms with Gasteiger partial charge in [-0.3, -0.25) is 15.1 Å². The zero-order valence-corrected chi connectivity index (χ0v) is 12.7. The van der Waals surface area contributed by atoms with Crippen molar-refractivity contribution in [2.45, 2.75) is 0 Å². The molecular weight excluding hydrogens is 325 g/mol. The number of aromatic nitrogens is 2. The van der Waals surface area contributed by atoms with Crippen molar-refractivity contribution in [2.24, 2.45) is 0 Å². The Hall–Kier alpha value is -2.31. The minimum absolute atomic E-state index is 0.117. The van der Waals surface area contributed by atoms with Crippen molar-refractivity contribution in [3.63, 3.8) is 0 Å². The number of anilines is 1. The van der Waals surface area contributed by atoms with Crippen molar-refractivity contribution < 1.29 is 9.18 Å². The molecule has 0 spiro atoms. The highest BCUT2D eigenvalue weighted by molar-refractivity contribution is 7.14. The van der Waals surface area contributed by atoms with Gasteiger partial charge in [0, 0.05) is 28.4 Å². The van der Waals surface area contributed by atoms with Gasteiger partial charge in [0.15, 0.2) is 5.13 Å². The summed E-state index contributed by atoms with van der Waals surface area (Å²) in [5, 5.41) is 5.06. The van der Waals surface area contributed by atoms with Gasteiger partial charge in [-0.1, -0.05) is 11.6 Å². The normalized spacial score (nSPS) is 10.5. The highest BCUT2D eigenvalue weighted by Crippen LogP contribution is 2.25. The summed E-state index contributed by atoms with van der Waals surface area (Å²) >= 11 is 7.04. The molecule has 0 saturated heterocycles. The summed E-state index contributed by atoms with van der Waals surface area (Å²) < 4.78 is 13.6. The summed E-state index contributed by atoms with van der Waals surface area (Å²) in [4.78, 5) is 20.3. The predicted octanol–water partition coefficient (Wildman–Crippen LogP) is 4.25. The van der Waals surface area contributed by atoms with Gasteiger partial charge in [-0.05, 0) is 30.3 Å². The third-order valence-corrected chi connectivity index (χ3v) is 3.87. The Morgan fingerprint density at radius 2 is 2.00 bits per heavy atom. The van der Waals surface area contributed by atoms with Crippen LogP contribution >= 0.6 is 22.9 Å². The Kier molecular flexibility index (Phi) is 4.13. The van der Waals surface area contributed by atoms with Gasteiger partial charge in [-0.25, -0.2) is 9.37 Å². The zero-order chi connectivity index (χ0) is 15.5. The van der Waals surface area contributed by atoms with E-state index >= 15 is 0 Å². The van der Waals surface area contributed by atoms with Gasteiger partial charge in [-0.15, -0.1) is 11.3 Å². The van der Waals surface area contributed by atoms with Crippen LogP contribution in [0.3, 0.4) is 0 Å². The molecule has 3 rings (SSSR count). The lowest BCUT2D eigenvalue weighted by Gasteiger charge is -2.03. The van der Waals surface area contributed by atoms with Crippen molar-refractivity contribution in [3.05, 3.63) is 64.5 Å². The molecule has 0 fully saturated rings. The molecule has 1 amide bonds. The van der Waals surface area contributed by atoms with E-state index in [-0.39, 0.29) is 5.56 Å². The monoisotopic (exact) mass is 333 g/mol. The van der Waals surface area contributed by atoms with Gasteiger partial charge in [0.1, 0.15) is 5.82 Å². The van der Waals surface area contributed by atoms with Gasteiger partial charge in [-0.2, -0.15) is 0 Å². The standard InChI is InChI=1S/C15H9ClFN3OS/c16-10-1-2-12(17)11(7-10)14(21)20-15-19-13(8-22-15)9-3-5-18-6-4-9/h1-8H,(H,19,20,21). The first kappa shape index (κ1) is 14.6. The van der Waals surface area contributed by atoms with Crippen LogP contribution in [-0.4, -0.2) is 15.9 Å². The second-order valence-electron chi connectivity index (χ2n) is 4.35. The molecule has 0 atom stereocenters. The minimum atomic E-state index is -0.632. The lowest BCUT2D eigenvalue weighted by atomic mass is 10.2. The van der Waals surface area contributed by atoms with E-state index in [4.69, 9.17) is 11.6 Å². The quantitative estimate of drug-likeness (QED) is 0.779. The first-order valence-electron chi connectivity index (χ1n) is 6.26. The van der Waals surface area contributed by atoms with Crippen molar-refractivity contribution in [2.75, 3.05) is 5.32 Å². The number of nitrogens with zero attached hydrogens (tertiary/aromatic N) is 2. The van der Waals surface area contributed by atoms with E-state index in [0.29, 0.717) is 15.8 Å². The lowest BCUT2D eigenvalue weighted by Crippen LogP contribution is -2.13. The molecule has 1 N–H and O–H groups in total. The Morgan fingerprint density at radius 1 is 1.23 bits per heavy atom. The van der Waals surface area contributed by atoms with E-state index < -0.39 is 11.7 Å². The summed E-state index contributed by atoms with van der Waals surface area (Å²) in [6.45, 7) is 0. The van der Waals surface area contributed by atoms with Crippen LogP contribution in [-0.2, 0) is 0 Å². The van der Waals surface area contributed by atoms with Gasteiger partial charge >= 0.3 is 0 Å². The summed E-state index contributed by atoms with van der Waals surface area (Å²) in [7, 11) is 0. The topological polar surface area (TPSA) is 54.9 Å². The number of rotatable bonds is 3. The van der Waals surface area contributed by atoms with E-state index in [9.17, 15) is 9.18 Å². The average Bonchev–Trinajstić information content (AvgIpc) is 2.99. The van der Waals surface area contributed by atoms with Gasteiger partial charge in [0.2, 0.25) is 0 Å². The molecule has 2 heterocycles. The van der Waals surface area contributed by atoms with Crippen LogP contribution in [0.1, 0.15) is 10.4 Å². The van der Waals surface area contributed by atoms with Crippen molar-refractivity contribution in [3.8, 4) is 11.3 Å². The maximum Gasteiger partial charge on any atom is 0.260 e. The van der Waals surface area contributed by atoms with Crippen LogP contribution in [0, 0.1) is 5.82 Å². The maximum absolute atomic E-state index is 13.6. The third kappa shape index (κ3) is 3.13. The Balaban J connectivity index is 1.81.